The van der Waals surface area contributed by atoms with E-state index in [9.17, 15) is 5.26 Å². The maximum absolute atomic E-state index is 9.28. The van der Waals surface area contributed by atoms with E-state index in [1.54, 1.807) is 24.7 Å². The Hall–Kier alpha value is -5.22. The Labute approximate surface area is 214 Å². The van der Waals surface area contributed by atoms with Crippen molar-refractivity contribution in [3.8, 4) is 17.5 Å². The lowest BCUT2D eigenvalue weighted by molar-refractivity contribution is 1.32. The summed E-state index contributed by atoms with van der Waals surface area (Å²) in [6, 6.07) is 27.6. The monoisotopic (exact) mass is 483 g/mol. The summed E-state index contributed by atoms with van der Waals surface area (Å²) in [5.74, 6) is 0.788. The molecule has 3 aromatic carbocycles. The third kappa shape index (κ3) is 5.09. The SMILES string of the molecule is CC.N#Cc1ccc2nccc(Nc3cccc(-c4nc5ccc(Nc6ccncc6)cc5[nH]4)c3)c2c1. The first-order chi connectivity index (χ1) is 18.2. The molecule has 0 aliphatic heterocycles. The van der Waals surface area contributed by atoms with E-state index in [0.29, 0.717) is 5.56 Å². The molecular formula is C30H25N7. The minimum atomic E-state index is 0.599. The van der Waals surface area contributed by atoms with Crippen molar-refractivity contribution in [1.29, 1.82) is 5.26 Å². The average Bonchev–Trinajstić information content (AvgIpc) is 3.38. The van der Waals surface area contributed by atoms with Crippen LogP contribution in [0.5, 0.6) is 0 Å². The van der Waals surface area contributed by atoms with Crippen molar-refractivity contribution in [3.63, 3.8) is 0 Å². The molecule has 0 fully saturated rings. The quantitative estimate of drug-likeness (QED) is 0.234. The highest BCUT2D eigenvalue weighted by Gasteiger charge is 2.09. The van der Waals surface area contributed by atoms with Gasteiger partial charge < -0.3 is 15.6 Å². The van der Waals surface area contributed by atoms with Gasteiger partial charge in [-0.15, -0.1) is 0 Å². The molecule has 6 rings (SSSR count). The fourth-order valence-electron chi connectivity index (χ4n) is 4.05. The number of rotatable bonds is 5. The minimum absolute atomic E-state index is 0.599. The number of nitrogens with zero attached hydrogens (tertiary/aromatic N) is 4. The summed E-state index contributed by atoms with van der Waals surface area (Å²) in [5.41, 5.74) is 7.98. The Morgan fingerprint density at radius 1 is 0.757 bits per heavy atom. The molecule has 180 valence electrons. The molecule has 0 aliphatic carbocycles. The second kappa shape index (κ2) is 10.6. The van der Waals surface area contributed by atoms with Crippen LogP contribution in [0, 0.1) is 11.3 Å². The van der Waals surface area contributed by atoms with Gasteiger partial charge >= 0.3 is 0 Å². The van der Waals surface area contributed by atoms with E-state index in [1.807, 2.05) is 86.6 Å². The van der Waals surface area contributed by atoms with Crippen molar-refractivity contribution in [2.75, 3.05) is 10.6 Å². The van der Waals surface area contributed by atoms with Crippen LogP contribution in [0.15, 0.2) is 97.5 Å². The highest BCUT2D eigenvalue weighted by atomic mass is 14.9. The van der Waals surface area contributed by atoms with Crippen molar-refractivity contribution in [2.45, 2.75) is 13.8 Å². The number of aromatic nitrogens is 4. The van der Waals surface area contributed by atoms with Crippen molar-refractivity contribution in [2.24, 2.45) is 0 Å². The lowest BCUT2D eigenvalue weighted by Crippen LogP contribution is -1.94. The van der Waals surface area contributed by atoms with Crippen LogP contribution >= 0.6 is 0 Å². The third-order valence-corrected chi connectivity index (χ3v) is 5.74. The summed E-state index contributed by atoms with van der Waals surface area (Å²) in [6.07, 6.45) is 5.28. The predicted octanol–water partition coefficient (Wildman–Crippen LogP) is 7.56. The zero-order valence-corrected chi connectivity index (χ0v) is 20.5. The molecule has 0 spiro atoms. The molecule has 0 saturated heterocycles. The largest absolute Gasteiger partial charge is 0.355 e. The van der Waals surface area contributed by atoms with Gasteiger partial charge in [0.25, 0.3) is 0 Å². The molecule has 0 atom stereocenters. The predicted molar refractivity (Wildman–Crippen MR) is 150 cm³/mol. The first-order valence-corrected chi connectivity index (χ1v) is 12.1. The van der Waals surface area contributed by atoms with Crippen LogP contribution in [0.25, 0.3) is 33.3 Å². The number of nitrogens with one attached hydrogen (secondary N) is 3. The number of nitriles is 1. The molecule has 0 saturated carbocycles. The van der Waals surface area contributed by atoms with Crippen molar-refractivity contribution in [1.82, 2.24) is 19.9 Å². The maximum Gasteiger partial charge on any atom is 0.138 e. The Kier molecular flexibility index (Phi) is 6.73. The van der Waals surface area contributed by atoms with Crippen LogP contribution in [-0.2, 0) is 0 Å². The van der Waals surface area contributed by atoms with Gasteiger partial charge in [0, 0.05) is 52.3 Å². The first kappa shape index (κ1) is 23.5. The summed E-state index contributed by atoms with van der Waals surface area (Å²) < 4.78 is 0. The smallest absolute Gasteiger partial charge is 0.138 e. The fraction of sp³-hybridized carbons (Fsp3) is 0.0667. The second-order valence-corrected chi connectivity index (χ2v) is 8.09. The van der Waals surface area contributed by atoms with Gasteiger partial charge in [0.2, 0.25) is 0 Å². The molecule has 0 amide bonds. The zero-order chi connectivity index (χ0) is 25.6. The van der Waals surface area contributed by atoms with Crippen LogP contribution < -0.4 is 10.6 Å². The van der Waals surface area contributed by atoms with Gasteiger partial charge in [0.15, 0.2) is 0 Å². The van der Waals surface area contributed by atoms with Gasteiger partial charge in [-0.2, -0.15) is 5.26 Å². The van der Waals surface area contributed by atoms with Gasteiger partial charge in [0.1, 0.15) is 5.82 Å². The maximum atomic E-state index is 9.28. The summed E-state index contributed by atoms with van der Waals surface area (Å²) in [6.45, 7) is 4.00. The van der Waals surface area contributed by atoms with E-state index >= 15 is 0 Å². The molecular weight excluding hydrogens is 458 g/mol. The Morgan fingerprint density at radius 3 is 2.41 bits per heavy atom. The number of fused-ring (bicyclic) bond motifs is 2. The molecule has 6 aromatic rings. The van der Waals surface area contributed by atoms with E-state index < -0.39 is 0 Å². The second-order valence-electron chi connectivity index (χ2n) is 8.09. The first-order valence-electron chi connectivity index (χ1n) is 12.1. The van der Waals surface area contributed by atoms with Gasteiger partial charge in [-0.25, -0.2) is 4.98 Å². The Bertz CT molecular complexity index is 1720. The summed E-state index contributed by atoms with van der Waals surface area (Å²) in [5, 5.41) is 17.0. The molecule has 7 heteroatoms. The van der Waals surface area contributed by atoms with E-state index in [-0.39, 0.29) is 0 Å². The molecule has 0 radical (unpaired) electrons. The number of imidazole rings is 1. The number of aromatic amines is 1. The molecule has 0 aliphatic rings. The lowest BCUT2D eigenvalue weighted by atomic mass is 10.1. The van der Waals surface area contributed by atoms with Crippen molar-refractivity contribution < 1.29 is 0 Å². The third-order valence-electron chi connectivity index (χ3n) is 5.74. The van der Waals surface area contributed by atoms with Gasteiger partial charge in [-0.3, -0.25) is 9.97 Å². The fourth-order valence-corrected chi connectivity index (χ4v) is 4.05. The van der Waals surface area contributed by atoms with E-state index in [2.05, 4.69) is 31.7 Å². The number of benzene rings is 3. The standard InChI is InChI=1S/C28H19N7.C2H6/c29-17-18-4-6-24-23(14-18)25(10-13-31-24)33-21-3-1-2-19(15-21)28-34-26-7-5-22(16-27(26)35-28)32-20-8-11-30-12-9-20;1-2/h1-16H,(H,30,32)(H,31,33)(H,34,35);1-2H3. The summed E-state index contributed by atoms with van der Waals surface area (Å²) in [7, 11) is 0. The zero-order valence-electron chi connectivity index (χ0n) is 20.5. The average molecular weight is 484 g/mol. The van der Waals surface area contributed by atoms with Gasteiger partial charge in [0.05, 0.1) is 28.2 Å². The van der Waals surface area contributed by atoms with Gasteiger partial charge in [-0.05, 0) is 66.7 Å². The van der Waals surface area contributed by atoms with Crippen LogP contribution in [0.1, 0.15) is 19.4 Å². The molecule has 3 N–H and O–H groups in total. The van der Waals surface area contributed by atoms with Crippen LogP contribution in [-0.4, -0.2) is 19.9 Å². The topological polar surface area (TPSA) is 102 Å². The Balaban J connectivity index is 0.00000137. The van der Waals surface area contributed by atoms with Gasteiger partial charge in [-0.1, -0.05) is 26.0 Å². The molecule has 3 aromatic heterocycles. The number of anilines is 4. The van der Waals surface area contributed by atoms with E-state index in [4.69, 9.17) is 4.98 Å². The number of H-pyrrole nitrogens is 1. The molecule has 0 unspecified atom stereocenters. The highest BCUT2D eigenvalue weighted by molar-refractivity contribution is 5.94. The summed E-state index contributed by atoms with van der Waals surface area (Å²) >= 11 is 0. The molecule has 7 nitrogen and oxygen atoms in total. The van der Waals surface area contributed by atoms with Crippen LogP contribution in [0.4, 0.5) is 22.7 Å². The molecule has 37 heavy (non-hydrogen) atoms. The van der Waals surface area contributed by atoms with Crippen LogP contribution in [0.2, 0.25) is 0 Å². The number of hydrogen-bond donors (Lipinski definition) is 3. The molecule has 0 bridgehead atoms. The molecule has 3 heterocycles. The number of hydrogen-bond acceptors (Lipinski definition) is 6. The minimum Gasteiger partial charge on any atom is -0.355 e. The highest BCUT2D eigenvalue weighted by Crippen LogP contribution is 2.29. The normalized spacial score (nSPS) is 10.4. The summed E-state index contributed by atoms with van der Waals surface area (Å²) in [4.78, 5) is 16.7. The van der Waals surface area contributed by atoms with E-state index in [1.165, 1.54) is 0 Å². The van der Waals surface area contributed by atoms with E-state index in [0.717, 1.165) is 56.1 Å². The Morgan fingerprint density at radius 2 is 1.57 bits per heavy atom. The number of pyridine rings is 2. The van der Waals surface area contributed by atoms with Crippen molar-refractivity contribution in [3.05, 3.63) is 103 Å². The lowest BCUT2D eigenvalue weighted by Gasteiger charge is -2.10. The van der Waals surface area contributed by atoms with Crippen LogP contribution in [0.3, 0.4) is 0 Å². The van der Waals surface area contributed by atoms with Crippen molar-refractivity contribution >= 4 is 44.7 Å².